The number of nitrogens with one attached hydrogen (secondary N) is 1. The normalized spacial score (nSPS) is 16.8. The minimum atomic E-state index is -0.0127. The van der Waals surface area contributed by atoms with E-state index in [2.05, 4.69) is 21.2 Å². The molecule has 0 bridgehead atoms. The fourth-order valence-corrected chi connectivity index (χ4v) is 4.35. The maximum absolute atomic E-state index is 13.0. The highest BCUT2D eigenvalue weighted by molar-refractivity contribution is 5.91. The zero-order valence-corrected chi connectivity index (χ0v) is 18.7. The van der Waals surface area contributed by atoms with Gasteiger partial charge in [0.1, 0.15) is 5.82 Å². The van der Waals surface area contributed by atoms with Crippen molar-refractivity contribution in [1.29, 1.82) is 5.26 Å². The van der Waals surface area contributed by atoms with Crippen LogP contribution in [-0.4, -0.2) is 53.3 Å². The highest BCUT2D eigenvalue weighted by Crippen LogP contribution is 2.40. The lowest BCUT2D eigenvalue weighted by molar-refractivity contribution is -0.117. The number of aromatic nitrogens is 2. The topological polar surface area (TPSA) is 77.2 Å². The Hall–Kier alpha value is -3.63. The van der Waals surface area contributed by atoms with Gasteiger partial charge in [-0.1, -0.05) is 18.2 Å². The van der Waals surface area contributed by atoms with E-state index >= 15 is 0 Å². The molecule has 1 aliphatic carbocycles. The first-order chi connectivity index (χ1) is 16.2. The molecule has 0 radical (unpaired) electrons. The summed E-state index contributed by atoms with van der Waals surface area (Å²) in [6, 6.07) is 21.9. The summed E-state index contributed by atoms with van der Waals surface area (Å²) < 4.78 is 1.85. The van der Waals surface area contributed by atoms with Crippen molar-refractivity contribution >= 4 is 17.4 Å². The SMILES string of the molecule is N#Cc1ccc(N2CCCN(CC(=O)Nc3cc(C4CC4)nn3-c3ccccc3)CC2)cc1. The molecule has 1 amide bonds. The summed E-state index contributed by atoms with van der Waals surface area (Å²) in [5.74, 6) is 1.24. The number of carbonyl (C=O) groups is 1. The molecule has 1 N–H and O–H groups in total. The lowest BCUT2D eigenvalue weighted by Crippen LogP contribution is -2.36. The van der Waals surface area contributed by atoms with Gasteiger partial charge in [0.2, 0.25) is 5.91 Å². The maximum Gasteiger partial charge on any atom is 0.239 e. The molecule has 2 aromatic carbocycles. The molecule has 0 atom stereocenters. The minimum Gasteiger partial charge on any atom is -0.370 e. The van der Waals surface area contributed by atoms with Crippen LogP contribution in [0.5, 0.6) is 0 Å². The molecule has 0 spiro atoms. The number of nitrogens with zero attached hydrogens (tertiary/aromatic N) is 5. The van der Waals surface area contributed by atoms with Crippen LogP contribution >= 0.6 is 0 Å². The van der Waals surface area contributed by atoms with E-state index in [0.29, 0.717) is 18.0 Å². The van der Waals surface area contributed by atoms with Crippen molar-refractivity contribution < 1.29 is 4.79 Å². The Balaban J connectivity index is 1.22. The molecule has 7 heteroatoms. The largest absolute Gasteiger partial charge is 0.370 e. The average Bonchev–Trinajstić information content (AvgIpc) is 3.65. The Bertz CT molecular complexity index is 1140. The molecule has 2 fully saturated rings. The molecular formula is C26H28N6O. The Morgan fingerprint density at radius 1 is 1.00 bits per heavy atom. The number of nitriles is 1. The quantitative estimate of drug-likeness (QED) is 0.631. The van der Waals surface area contributed by atoms with E-state index in [1.807, 2.05) is 65.3 Å². The van der Waals surface area contributed by atoms with Gasteiger partial charge in [-0.15, -0.1) is 0 Å². The van der Waals surface area contributed by atoms with Crippen LogP contribution in [0.4, 0.5) is 11.5 Å². The van der Waals surface area contributed by atoms with E-state index in [0.717, 1.165) is 55.5 Å². The molecule has 3 aromatic rings. The number of carbonyl (C=O) groups excluding carboxylic acids is 1. The van der Waals surface area contributed by atoms with Crippen LogP contribution < -0.4 is 10.2 Å². The Morgan fingerprint density at radius 2 is 1.79 bits per heavy atom. The van der Waals surface area contributed by atoms with Crippen molar-refractivity contribution in [2.45, 2.75) is 25.2 Å². The minimum absolute atomic E-state index is 0.0127. The van der Waals surface area contributed by atoms with Crippen LogP contribution in [0.25, 0.3) is 5.69 Å². The molecule has 1 saturated heterocycles. The monoisotopic (exact) mass is 440 g/mol. The predicted octanol–water partition coefficient (Wildman–Crippen LogP) is 3.77. The number of anilines is 2. The number of rotatable bonds is 6. The van der Waals surface area contributed by atoms with Crippen LogP contribution in [0, 0.1) is 11.3 Å². The molecule has 2 heterocycles. The van der Waals surface area contributed by atoms with Crippen molar-refractivity contribution in [3.8, 4) is 11.8 Å². The first-order valence-electron chi connectivity index (χ1n) is 11.6. The maximum atomic E-state index is 13.0. The molecule has 1 aromatic heterocycles. The standard InChI is InChI=1S/C26H28N6O/c27-18-20-7-11-22(12-8-20)31-14-4-13-30(15-16-31)19-26(33)28-25-17-24(21-9-10-21)29-32(25)23-5-2-1-3-6-23/h1-3,5-8,11-12,17,21H,4,9-10,13-16,19H2,(H,28,33). The number of hydrogen-bond acceptors (Lipinski definition) is 5. The summed E-state index contributed by atoms with van der Waals surface area (Å²) >= 11 is 0. The highest BCUT2D eigenvalue weighted by Gasteiger charge is 2.28. The Morgan fingerprint density at radius 3 is 2.52 bits per heavy atom. The van der Waals surface area contributed by atoms with Gasteiger partial charge in [-0.05, 0) is 55.7 Å². The van der Waals surface area contributed by atoms with Gasteiger partial charge in [0.05, 0.1) is 29.6 Å². The van der Waals surface area contributed by atoms with Crippen LogP contribution in [0.15, 0.2) is 60.7 Å². The molecular weight excluding hydrogens is 412 g/mol. The summed E-state index contributed by atoms with van der Waals surface area (Å²) in [5, 5.41) is 16.9. The fraction of sp³-hybridized carbons (Fsp3) is 0.346. The van der Waals surface area contributed by atoms with Gasteiger partial charge in [-0.25, -0.2) is 4.68 Å². The number of benzene rings is 2. The van der Waals surface area contributed by atoms with Crippen molar-refractivity contribution in [2.24, 2.45) is 0 Å². The molecule has 0 unspecified atom stereocenters. The third-order valence-electron chi connectivity index (χ3n) is 6.31. The second-order valence-electron chi connectivity index (χ2n) is 8.80. The van der Waals surface area contributed by atoms with Crippen molar-refractivity contribution in [3.05, 3.63) is 71.9 Å². The summed E-state index contributed by atoms with van der Waals surface area (Å²) in [6.07, 6.45) is 3.33. The van der Waals surface area contributed by atoms with Gasteiger partial charge in [-0.2, -0.15) is 10.4 Å². The van der Waals surface area contributed by atoms with E-state index in [1.165, 1.54) is 12.8 Å². The smallest absolute Gasteiger partial charge is 0.239 e. The van der Waals surface area contributed by atoms with E-state index in [4.69, 9.17) is 10.4 Å². The van der Waals surface area contributed by atoms with Crippen molar-refractivity contribution in [2.75, 3.05) is 42.9 Å². The molecule has 168 valence electrons. The molecule has 5 rings (SSSR count). The molecule has 1 aliphatic heterocycles. The second-order valence-corrected chi connectivity index (χ2v) is 8.80. The first kappa shape index (κ1) is 21.2. The summed E-state index contributed by atoms with van der Waals surface area (Å²) in [5.41, 5.74) is 3.81. The van der Waals surface area contributed by atoms with E-state index < -0.39 is 0 Å². The summed E-state index contributed by atoms with van der Waals surface area (Å²) in [7, 11) is 0. The third kappa shape index (κ3) is 5.07. The second kappa shape index (κ2) is 9.47. The van der Waals surface area contributed by atoms with Crippen LogP contribution in [0.2, 0.25) is 0 Å². The zero-order chi connectivity index (χ0) is 22.6. The molecule has 2 aliphatic rings. The van der Waals surface area contributed by atoms with Gasteiger partial charge in [0.25, 0.3) is 0 Å². The van der Waals surface area contributed by atoms with Gasteiger partial charge < -0.3 is 10.2 Å². The molecule has 1 saturated carbocycles. The Labute approximate surface area is 194 Å². The number of hydrogen-bond donors (Lipinski definition) is 1. The number of para-hydroxylation sites is 1. The van der Waals surface area contributed by atoms with Crippen LogP contribution in [0.1, 0.15) is 36.4 Å². The van der Waals surface area contributed by atoms with Gasteiger partial charge in [0, 0.05) is 43.9 Å². The van der Waals surface area contributed by atoms with Gasteiger partial charge >= 0.3 is 0 Å². The van der Waals surface area contributed by atoms with E-state index in [-0.39, 0.29) is 5.91 Å². The zero-order valence-electron chi connectivity index (χ0n) is 18.7. The number of amides is 1. The van der Waals surface area contributed by atoms with Gasteiger partial charge in [-0.3, -0.25) is 9.69 Å². The fourth-order valence-electron chi connectivity index (χ4n) is 4.35. The summed E-state index contributed by atoms with van der Waals surface area (Å²) in [4.78, 5) is 17.5. The van der Waals surface area contributed by atoms with Gasteiger partial charge in [0.15, 0.2) is 0 Å². The van der Waals surface area contributed by atoms with Crippen LogP contribution in [0.3, 0.4) is 0 Å². The van der Waals surface area contributed by atoms with Crippen molar-refractivity contribution in [3.63, 3.8) is 0 Å². The Kier molecular flexibility index (Phi) is 6.09. The highest BCUT2D eigenvalue weighted by atomic mass is 16.2. The van der Waals surface area contributed by atoms with Crippen molar-refractivity contribution in [1.82, 2.24) is 14.7 Å². The van der Waals surface area contributed by atoms with E-state index in [1.54, 1.807) is 0 Å². The third-order valence-corrected chi connectivity index (χ3v) is 6.31. The lowest BCUT2D eigenvalue weighted by atomic mass is 10.2. The lowest BCUT2D eigenvalue weighted by Gasteiger charge is -2.23. The van der Waals surface area contributed by atoms with E-state index in [9.17, 15) is 4.79 Å². The van der Waals surface area contributed by atoms with Crippen LogP contribution in [-0.2, 0) is 4.79 Å². The average molecular weight is 441 g/mol. The molecule has 7 nitrogen and oxygen atoms in total. The molecule has 33 heavy (non-hydrogen) atoms. The summed E-state index contributed by atoms with van der Waals surface area (Å²) in [6.45, 7) is 3.85. The predicted molar refractivity (Wildman–Crippen MR) is 129 cm³/mol. The first-order valence-corrected chi connectivity index (χ1v) is 11.6.